The molecule has 3 aromatic heterocycles. The van der Waals surface area contributed by atoms with Crippen LogP contribution in [0.3, 0.4) is 0 Å². The second kappa shape index (κ2) is 6.37. The third kappa shape index (κ3) is 3.07. The molecule has 0 unspecified atom stereocenters. The first-order chi connectivity index (χ1) is 11.7. The number of aromatic nitrogens is 3. The predicted molar refractivity (Wildman–Crippen MR) is 92.1 cm³/mol. The van der Waals surface area contributed by atoms with E-state index in [0.29, 0.717) is 5.56 Å². The Balaban J connectivity index is 1.50. The molecule has 1 aliphatic heterocycles. The molecular formula is C18H17FN4S. The van der Waals surface area contributed by atoms with Gasteiger partial charge in [0.25, 0.3) is 0 Å². The maximum absolute atomic E-state index is 13.3. The van der Waals surface area contributed by atoms with Gasteiger partial charge in [0.1, 0.15) is 0 Å². The van der Waals surface area contributed by atoms with Crippen molar-refractivity contribution in [2.45, 2.75) is 26.4 Å². The summed E-state index contributed by atoms with van der Waals surface area (Å²) in [5, 5.41) is 2.04. The monoisotopic (exact) mass is 340 g/mol. The minimum atomic E-state index is -0.391. The minimum Gasteiger partial charge on any atom is -0.294 e. The molecule has 4 heterocycles. The Labute approximate surface area is 144 Å². The highest BCUT2D eigenvalue weighted by atomic mass is 32.1. The van der Waals surface area contributed by atoms with Crippen molar-refractivity contribution >= 4 is 11.3 Å². The van der Waals surface area contributed by atoms with Gasteiger partial charge in [0.05, 0.1) is 10.6 Å². The zero-order valence-corrected chi connectivity index (χ0v) is 14.2. The molecule has 0 amide bonds. The lowest BCUT2D eigenvalue weighted by atomic mass is 10.1. The van der Waals surface area contributed by atoms with E-state index >= 15 is 0 Å². The van der Waals surface area contributed by atoms with Gasteiger partial charge in [0.2, 0.25) is 5.95 Å². The molecule has 0 fully saturated rings. The smallest absolute Gasteiger partial charge is 0.215 e. The van der Waals surface area contributed by atoms with Gasteiger partial charge in [-0.05, 0) is 30.0 Å². The van der Waals surface area contributed by atoms with Crippen LogP contribution in [0.1, 0.15) is 22.4 Å². The van der Waals surface area contributed by atoms with Crippen LogP contribution in [-0.2, 0) is 19.5 Å². The average molecular weight is 340 g/mol. The highest BCUT2D eigenvalue weighted by molar-refractivity contribution is 7.13. The van der Waals surface area contributed by atoms with Crippen molar-refractivity contribution in [3.8, 4) is 10.7 Å². The Morgan fingerprint density at radius 3 is 3.00 bits per heavy atom. The second-order valence-electron chi connectivity index (χ2n) is 6.05. The molecule has 6 heteroatoms. The molecule has 0 bridgehead atoms. The maximum atomic E-state index is 13.3. The molecule has 0 spiro atoms. The lowest BCUT2D eigenvalue weighted by molar-refractivity contribution is 0.242. The summed E-state index contributed by atoms with van der Waals surface area (Å²) in [5.74, 6) is 0.424. The topological polar surface area (TPSA) is 41.9 Å². The van der Waals surface area contributed by atoms with Crippen LogP contribution in [0, 0.1) is 12.9 Å². The molecule has 4 rings (SSSR count). The Bertz CT molecular complexity index is 863. The number of nitrogens with zero attached hydrogens (tertiary/aromatic N) is 4. The van der Waals surface area contributed by atoms with Crippen molar-refractivity contribution in [1.29, 1.82) is 0 Å². The summed E-state index contributed by atoms with van der Waals surface area (Å²) in [6.45, 7) is 4.26. The van der Waals surface area contributed by atoms with E-state index < -0.39 is 5.95 Å². The van der Waals surface area contributed by atoms with Crippen molar-refractivity contribution in [1.82, 2.24) is 19.9 Å². The molecule has 1 aliphatic rings. The van der Waals surface area contributed by atoms with E-state index in [2.05, 4.69) is 14.9 Å². The number of thiophene rings is 1. The number of halogens is 1. The quantitative estimate of drug-likeness (QED) is 0.683. The summed E-state index contributed by atoms with van der Waals surface area (Å²) >= 11 is 1.66. The molecule has 3 aromatic rings. The largest absolute Gasteiger partial charge is 0.294 e. The van der Waals surface area contributed by atoms with E-state index in [4.69, 9.17) is 4.98 Å². The van der Waals surface area contributed by atoms with Crippen LogP contribution >= 0.6 is 11.3 Å². The van der Waals surface area contributed by atoms with Crippen molar-refractivity contribution in [2.75, 3.05) is 6.54 Å². The van der Waals surface area contributed by atoms with E-state index in [9.17, 15) is 4.39 Å². The second-order valence-corrected chi connectivity index (χ2v) is 7.00. The Morgan fingerprint density at radius 1 is 1.29 bits per heavy atom. The lowest BCUT2D eigenvalue weighted by Gasteiger charge is -2.28. The normalized spacial score (nSPS) is 14.6. The number of fused-ring (bicyclic) bond motifs is 1. The van der Waals surface area contributed by atoms with E-state index in [1.54, 1.807) is 24.5 Å². The summed E-state index contributed by atoms with van der Waals surface area (Å²) in [7, 11) is 0. The molecule has 0 saturated carbocycles. The first-order valence-corrected chi connectivity index (χ1v) is 8.79. The van der Waals surface area contributed by atoms with Crippen LogP contribution in [0.5, 0.6) is 0 Å². The van der Waals surface area contributed by atoms with Gasteiger partial charge in [-0.3, -0.25) is 4.90 Å². The Morgan fingerprint density at radius 2 is 2.21 bits per heavy atom. The summed E-state index contributed by atoms with van der Waals surface area (Å²) in [6.07, 6.45) is 4.47. The fourth-order valence-electron chi connectivity index (χ4n) is 3.00. The summed E-state index contributed by atoms with van der Waals surface area (Å²) < 4.78 is 13.3. The number of pyridine rings is 1. The van der Waals surface area contributed by atoms with E-state index in [-0.39, 0.29) is 0 Å². The van der Waals surface area contributed by atoms with Crippen LogP contribution in [0.25, 0.3) is 10.7 Å². The highest BCUT2D eigenvalue weighted by Gasteiger charge is 2.19. The third-order valence-corrected chi connectivity index (χ3v) is 5.10. The maximum Gasteiger partial charge on any atom is 0.215 e. The molecule has 0 aliphatic carbocycles. The summed E-state index contributed by atoms with van der Waals surface area (Å²) in [4.78, 5) is 16.5. The van der Waals surface area contributed by atoms with E-state index in [1.807, 2.05) is 29.8 Å². The van der Waals surface area contributed by atoms with Crippen LogP contribution < -0.4 is 0 Å². The van der Waals surface area contributed by atoms with Crippen molar-refractivity contribution < 1.29 is 4.39 Å². The van der Waals surface area contributed by atoms with Gasteiger partial charge in [0.15, 0.2) is 5.82 Å². The fraction of sp³-hybridized carbons (Fsp3) is 0.278. The molecule has 0 aromatic carbocycles. The van der Waals surface area contributed by atoms with Crippen molar-refractivity contribution in [3.63, 3.8) is 0 Å². The number of aryl methyl sites for hydroxylation is 1. The lowest BCUT2D eigenvalue weighted by Crippen LogP contribution is -2.31. The standard InChI is InChI=1S/C18H17FN4S/c1-12-7-13(8-20-17(12)19)10-23-5-4-15-14(11-23)9-21-18(22-15)16-3-2-6-24-16/h2-3,6-9H,4-5,10-11H2,1H3. The van der Waals surface area contributed by atoms with Crippen LogP contribution in [-0.4, -0.2) is 26.4 Å². The molecule has 0 radical (unpaired) electrons. The number of hydrogen-bond acceptors (Lipinski definition) is 5. The van der Waals surface area contributed by atoms with Crippen LogP contribution in [0.4, 0.5) is 4.39 Å². The average Bonchev–Trinajstić information content (AvgIpc) is 3.12. The number of hydrogen-bond donors (Lipinski definition) is 0. The van der Waals surface area contributed by atoms with Gasteiger partial charge in [-0.2, -0.15) is 4.39 Å². The van der Waals surface area contributed by atoms with Gasteiger partial charge in [-0.1, -0.05) is 6.07 Å². The molecule has 122 valence electrons. The first kappa shape index (κ1) is 15.4. The fourth-order valence-corrected chi connectivity index (χ4v) is 3.66. The Kier molecular flexibility index (Phi) is 4.08. The Hall–Kier alpha value is -2.18. The zero-order valence-electron chi connectivity index (χ0n) is 13.4. The third-order valence-electron chi connectivity index (χ3n) is 4.23. The van der Waals surface area contributed by atoms with Crippen LogP contribution in [0.15, 0.2) is 36.0 Å². The molecule has 24 heavy (non-hydrogen) atoms. The van der Waals surface area contributed by atoms with E-state index in [1.165, 1.54) is 5.56 Å². The number of rotatable bonds is 3. The van der Waals surface area contributed by atoms with Crippen LogP contribution in [0.2, 0.25) is 0 Å². The summed E-state index contributed by atoms with van der Waals surface area (Å²) in [5.41, 5.74) is 3.94. The molecule has 0 atom stereocenters. The van der Waals surface area contributed by atoms with Gasteiger partial charge < -0.3 is 0 Å². The van der Waals surface area contributed by atoms with Crippen molar-refractivity contribution in [2.24, 2.45) is 0 Å². The summed E-state index contributed by atoms with van der Waals surface area (Å²) in [6, 6.07) is 5.93. The predicted octanol–water partition coefficient (Wildman–Crippen LogP) is 3.61. The van der Waals surface area contributed by atoms with Crippen molar-refractivity contribution in [3.05, 3.63) is 64.3 Å². The minimum absolute atomic E-state index is 0.391. The van der Waals surface area contributed by atoms with E-state index in [0.717, 1.165) is 48.0 Å². The van der Waals surface area contributed by atoms with Gasteiger partial charge in [-0.15, -0.1) is 11.3 Å². The zero-order chi connectivity index (χ0) is 16.5. The highest BCUT2D eigenvalue weighted by Crippen LogP contribution is 2.24. The van der Waals surface area contributed by atoms with Gasteiger partial charge in [0, 0.05) is 49.6 Å². The molecule has 0 saturated heterocycles. The molecule has 4 nitrogen and oxygen atoms in total. The van der Waals surface area contributed by atoms with Gasteiger partial charge in [-0.25, -0.2) is 15.0 Å². The van der Waals surface area contributed by atoms with Gasteiger partial charge >= 0.3 is 0 Å². The molecule has 0 N–H and O–H groups in total. The SMILES string of the molecule is Cc1cc(CN2CCc3nc(-c4cccs4)ncc3C2)cnc1F. The molecular weight excluding hydrogens is 323 g/mol. The first-order valence-electron chi connectivity index (χ1n) is 7.91.